The minimum atomic E-state index is 0.494. The molecule has 1 aliphatic rings. The van der Waals surface area contributed by atoms with Gasteiger partial charge in [-0.2, -0.15) is 5.10 Å². The smallest absolute Gasteiger partial charge is 0.0560 e. The summed E-state index contributed by atoms with van der Waals surface area (Å²) in [5.41, 5.74) is 1.41. The van der Waals surface area contributed by atoms with Crippen LogP contribution in [0.1, 0.15) is 58.2 Å². The van der Waals surface area contributed by atoms with E-state index < -0.39 is 0 Å². The number of hydrogen-bond acceptors (Lipinski definition) is 3. The van der Waals surface area contributed by atoms with E-state index in [4.69, 9.17) is 0 Å². The van der Waals surface area contributed by atoms with Gasteiger partial charge in [-0.25, -0.2) is 0 Å². The molecule has 2 atom stereocenters. The molecule has 2 heterocycles. The third kappa shape index (κ3) is 3.86. The molecule has 4 heteroatoms. The fraction of sp³-hybridized carbons (Fsp3) is 0.824. The third-order valence-electron chi connectivity index (χ3n) is 4.66. The fourth-order valence-corrected chi connectivity index (χ4v) is 3.73. The molecule has 2 unspecified atom stereocenters. The number of likely N-dealkylation sites (tertiary alicyclic amines) is 1. The van der Waals surface area contributed by atoms with Crippen molar-refractivity contribution in [3.8, 4) is 0 Å². The normalized spacial score (nSPS) is 24.4. The van der Waals surface area contributed by atoms with Gasteiger partial charge >= 0.3 is 0 Å². The average molecular weight is 292 g/mol. The van der Waals surface area contributed by atoms with Gasteiger partial charge in [0.15, 0.2) is 0 Å². The molecule has 0 amide bonds. The average Bonchev–Trinajstić information content (AvgIpc) is 2.79. The zero-order valence-corrected chi connectivity index (χ0v) is 14.2. The molecule has 0 saturated carbocycles. The third-order valence-corrected chi connectivity index (χ3v) is 4.66. The van der Waals surface area contributed by atoms with Crippen LogP contribution in [0.5, 0.6) is 0 Å². The molecule has 1 saturated heterocycles. The highest BCUT2D eigenvalue weighted by molar-refractivity contribution is 5.11. The van der Waals surface area contributed by atoms with Crippen LogP contribution < -0.4 is 5.32 Å². The maximum atomic E-state index is 4.57. The highest BCUT2D eigenvalue weighted by atomic mass is 15.3. The molecule has 1 N–H and O–H groups in total. The number of aromatic nitrogens is 2. The van der Waals surface area contributed by atoms with Crippen LogP contribution in [0.2, 0.25) is 0 Å². The second-order valence-electron chi connectivity index (χ2n) is 6.57. The van der Waals surface area contributed by atoms with Gasteiger partial charge in [0.25, 0.3) is 0 Å². The summed E-state index contributed by atoms with van der Waals surface area (Å²) in [5, 5.41) is 7.98. The first kappa shape index (κ1) is 16.5. The summed E-state index contributed by atoms with van der Waals surface area (Å²) >= 11 is 0. The molecule has 120 valence electrons. The first-order valence-corrected chi connectivity index (χ1v) is 8.61. The minimum absolute atomic E-state index is 0.494. The zero-order valence-electron chi connectivity index (χ0n) is 14.2. The van der Waals surface area contributed by atoms with Crippen molar-refractivity contribution in [2.24, 2.45) is 5.92 Å². The van der Waals surface area contributed by atoms with Crippen molar-refractivity contribution in [3.63, 3.8) is 0 Å². The van der Waals surface area contributed by atoms with Crippen molar-refractivity contribution in [2.45, 2.75) is 65.1 Å². The number of nitrogens with zero attached hydrogens (tertiary/aromatic N) is 3. The van der Waals surface area contributed by atoms with Gasteiger partial charge in [0, 0.05) is 18.8 Å². The zero-order chi connectivity index (χ0) is 15.2. The molecule has 0 spiro atoms. The topological polar surface area (TPSA) is 33.1 Å². The first-order valence-electron chi connectivity index (χ1n) is 8.61. The fourth-order valence-electron chi connectivity index (χ4n) is 3.73. The second-order valence-corrected chi connectivity index (χ2v) is 6.57. The molecular formula is C17H32N4. The lowest BCUT2D eigenvalue weighted by molar-refractivity contribution is 0.111. The monoisotopic (exact) mass is 292 g/mol. The number of rotatable bonds is 6. The summed E-state index contributed by atoms with van der Waals surface area (Å²) in [6, 6.07) is 3.32. The van der Waals surface area contributed by atoms with E-state index in [9.17, 15) is 0 Å². The maximum Gasteiger partial charge on any atom is 0.0560 e. The summed E-state index contributed by atoms with van der Waals surface area (Å²) in [6.45, 7) is 10.2. The van der Waals surface area contributed by atoms with Gasteiger partial charge in [-0.3, -0.25) is 9.58 Å². The van der Waals surface area contributed by atoms with Gasteiger partial charge in [-0.1, -0.05) is 13.3 Å². The van der Waals surface area contributed by atoms with Crippen molar-refractivity contribution in [1.29, 1.82) is 0 Å². The van der Waals surface area contributed by atoms with Crippen molar-refractivity contribution in [2.75, 3.05) is 20.1 Å². The van der Waals surface area contributed by atoms with Gasteiger partial charge in [-0.05, 0) is 65.2 Å². The van der Waals surface area contributed by atoms with Crippen LogP contribution in [0.15, 0.2) is 12.3 Å². The van der Waals surface area contributed by atoms with Crippen LogP contribution in [0.3, 0.4) is 0 Å². The molecule has 1 aromatic heterocycles. The van der Waals surface area contributed by atoms with E-state index in [2.05, 4.69) is 53.9 Å². The summed E-state index contributed by atoms with van der Waals surface area (Å²) in [4.78, 5) is 2.69. The lowest BCUT2D eigenvalue weighted by atomic mass is 9.91. The summed E-state index contributed by atoms with van der Waals surface area (Å²) in [6.07, 6.45) is 7.08. The van der Waals surface area contributed by atoms with Gasteiger partial charge in [0.2, 0.25) is 0 Å². The van der Waals surface area contributed by atoms with E-state index in [1.807, 2.05) is 6.20 Å². The quantitative estimate of drug-likeness (QED) is 0.875. The van der Waals surface area contributed by atoms with Crippen molar-refractivity contribution in [1.82, 2.24) is 20.0 Å². The van der Waals surface area contributed by atoms with Crippen molar-refractivity contribution < 1.29 is 0 Å². The molecule has 1 aliphatic heterocycles. The highest BCUT2D eigenvalue weighted by Crippen LogP contribution is 2.36. The molecule has 0 aromatic carbocycles. The Balaban J connectivity index is 2.35. The van der Waals surface area contributed by atoms with Gasteiger partial charge < -0.3 is 5.32 Å². The first-order chi connectivity index (χ1) is 10.2. The second kappa shape index (κ2) is 7.95. The Morgan fingerprint density at radius 3 is 2.86 bits per heavy atom. The van der Waals surface area contributed by atoms with Crippen molar-refractivity contribution >= 4 is 0 Å². The Kier molecular flexibility index (Phi) is 6.24. The van der Waals surface area contributed by atoms with Gasteiger partial charge in [0.05, 0.1) is 11.7 Å². The molecule has 0 bridgehead atoms. The lowest BCUT2D eigenvalue weighted by Gasteiger charge is -2.38. The van der Waals surface area contributed by atoms with Crippen LogP contribution >= 0.6 is 0 Å². The molecular weight excluding hydrogens is 260 g/mol. The highest BCUT2D eigenvalue weighted by Gasteiger charge is 2.33. The molecule has 4 nitrogen and oxygen atoms in total. The maximum absolute atomic E-state index is 4.57. The van der Waals surface area contributed by atoms with Gasteiger partial charge in [0.1, 0.15) is 0 Å². The minimum Gasteiger partial charge on any atom is -0.319 e. The van der Waals surface area contributed by atoms with Crippen LogP contribution in [0.4, 0.5) is 0 Å². The number of nitrogens with one attached hydrogen (secondary N) is 1. The van der Waals surface area contributed by atoms with Crippen molar-refractivity contribution in [3.05, 3.63) is 18.0 Å². The van der Waals surface area contributed by atoms with Crippen LogP contribution in [0, 0.1) is 5.92 Å². The predicted molar refractivity (Wildman–Crippen MR) is 88.4 cm³/mol. The SMILES string of the molecule is CCCn1nccc1C1C(CNC)CCCCN1C(C)C. The Bertz CT molecular complexity index is 413. The van der Waals surface area contributed by atoms with Crippen LogP contribution in [0.25, 0.3) is 0 Å². The van der Waals surface area contributed by atoms with Crippen LogP contribution in [-0.2, 0) is 6.54 Å². The number of hydrogen-bond donors (Lipinski definition) is 1. The molecule has 0 radical (unpaired) electrons. The summed E-state index contributed by atoms with van der Waals surface area (Å²) in [5.74, 6) is 0.673. The Morgan fingerprint density at radius 1 is 1.38 bits per heavy atom. The Labute approximate surface area is 129 Å². The largest absolute Gasteiger partial charge is 0.319 e. The summed E-state index contributed by atoms with van der Waals surface area (Å²) < 4.78 is 2.23. The van der Waals surface area contributed by atoms with E-state index in [0.29, 0.717) is 18.0 Å². The molecule has 2 rings (SSSR count). The predicted octanol–water partition coefficient (Wildman–Crippen LogP) is 3.06. The van der Waals surface area contributed by atoms with E-state index >= 15 is 0 Å². The van der Waals surface area contributed by atoms with E-state index in [0.717, 1.165) is 19.5 Å². The van der Waals surface area contributed by atoms with E-state index in [1.165, 1.54) is 31.5 Å². The molecule has 0 aliphatic carbocycles. The Morgan fingerprint density at radius 2 is 2.19 bits per heavy atom. The molecule has 21 heavy (non-hydrogen) atoms. The van der Waals surface area contributed by atoms with E-state index in [-0.39, 0.29) is 0 Å². The number of aryl methyl sites for hydroxylation is 1. The summed E-state index contributed by atoms with van der Waals surface area (Å²) in [7, 11) is 2.07. The van der Waals surface area contributed by atoms with Gasteiger partial charge in [-0.15, -0.1) is 0 Å². The molecule has 1 fully saturated rings. The lowest BCUT2D eigenvalue weighted by Crippen LogP contribution is -2.41. The standard InChI is InChI=1S/C17H32N4/c1-5-11-21-16(9-10-19-21)17-15(13-18-4)8-6-7-12-20(17)14(2)3/h9-10,14-15,17-18H,5-8,11-13H2,1-4H3. The van der Waals surface area contributed by atoms with E-state index in [1.54, 1.807) is 0 Å². The van der Waals surface area contributed by atoms with Crippen LogP contribution in [-0.4, -0.2) is 40.9 Å². The Hall–Kier alpha value is -0.870. The molecule has 1 aromatic rings.